The average Bonchev–Trinajstić information content (AvgIpc) is 2.37. The molecule has 0 atom stereocenters. The predicted octanol–water partition coefficient (Wildman–Crippen LogP) is 4.06. The Morgan fingerprint density at radius 2 is 0.913 bits per heavy atom. The van der Waals surface area contributed by atoms with Gasteiger partial charge in [0.25, 0.3) is 0 Å². The van der Waals surface area contributed by atoms with E-state index in [2.05, 4.69) is 28.1 Å². The van der Waals surface area contributed by atoms with Gasteiger partial charge >= 0.3 is 0 Å². The van der Waals surface area contributed by atoms with Crippen molar-refractivity contribution in [2.75, 3.05) is 27.7 Å². The van der Waals surface area contributed by atoms with E-state index < -0.39 is 10.4 Å². The fourth-order valence-electron chi connectivity index (χ4n) is 2.43. The molecule has 0 unspecified atom stereocenters. The Bertz CT molecular complexity index is 329. The quantitative estimate of drug-likeness (QED) is 0.217. The molecule has 0 aliphatic rings. The van der Waals surface area contributed by atoms with Crippen LogP contribution in [0.2, 0.25) is 0 Å². The van der Waals surface area contributed by atoms with Gasteiger partial charge in [0.2, 0.25) is 0 Å². The third kappa shape index (κ3) is 39.0. The first-order valence-corrected chi connectivity index (χ1v) is 10.4. The molecule has 0 rings (SSSR count). The molecule has 0 N–H and O–H groups in total. The summed E-state index contributed by atoms with van der Waals surface area (Å²) < 4.78 is 35.2. The second-order valence-corrected chi connectivity index (χ2v) is 8.13. The molecule has 0 radical (unpaired) electrons. The van der Waals surface area contributed by atoms with Crippen molar-refractivity contribution in [1.29, 1.82) is 0 Å². The van der Waals surface area contributed by atoms with E-state index in [1.165, 1.54) is 83.6 Å². The normalized spacial score (nSPS) is 11.9. The fourth-order valence-corrected chi connectivity index (χ4v) is 2.43. The molecule has 0 amide bonds. The maximum atomic E-state index is 8.52. The highest BCUT2D eigenvalue weighted by molar-refractivity contribution is 7.79. The zero-order valence-corrected chi connectivity index (χ0v) is 16.5. The summed E-state index contributed by atoms with van der Waals surface area (Å²) in [7, 11) is 1.70. The van der Waals surface area contributed by atoms with Crippen LogP contribution in [0.15, 0.2) is 0 Å². The van der Waals surface area contributed by atoms with Gasteiger partial charge in [-0.05, 0) is 12.8 Å². The Morgan fingerprint density at radius 3 is 1.17 bits per heavy atom. The molecule has 0 aromatic carbocycles. The molecule has 6 heteroatoms. The molecule has 0 saturated heterocycles. The number of nitrogens with zero attached hydrogens (tertiary/aromatic N) is 1. The first-order valence-electron chi connectivity index (χ1n) is 9.03. The number of unbranched alkanes of at least 4 members (excludes halogenated alkanes) is 11. The van der Waals surface area contributed by atoms with Crippen molar-refractivity contribution >= 4 is 10.4 Å². The maximum Gasteiger partial charge on any atom is 0.0780 e. The summed E-state index contributed by atoms with van der Waals surface area (Å²) in [5, 5.41) is 0. The molecule has 23 heavy (non-hydrogen) atoms. The van der Waals surface area contributed by atoms with Crippen LogP contribution in [0, 0.1) is 0 Å². The molecule has 0 fully saturated rings. The summed E-state index contributed by atoms with van der Waals surface area (Å²) in [5.41, 5.74) is 0. The zero-order chi connectivity index (χ0) is 18.2. The summed E-state index contributed by atoms with van der Waals surface area (Å²) in [4.78, 5) is 0. The van der Waals surface area contributed by atoms with Gasteiger partial charge in [0.05, 0.1) is 27.7 Å². The Labute approximate surface area is 144 Å². The molecule has 0 heterocycles. The van der Waals surface area contributed by atoms with Gasteiger partial charge < -0.3 is 13.6 Å². The summed E-state index contributed by atoms with van der Waals surface area (Å²) in [6, 6.07) is 0. The predicted molar refractivity (Wildman–Crippen MR) is 94.5 cm³/mol. The van der Waals surface area contributed by atoms with Crippen molar-refractivity contribution in [3.63, 3.8) is 0 Å². The van der Waals surface area contributed by atoms with E-state index in [0.29, 0.717) is 0 Å². The van der Waals surface area contributed by atoms with Crippen LogP contribution in [0.3, 0.4) is 0 Å². The summed E-state index contributed by atoms with van der Waals surface area (Å²) in [6.45, 7) is 3.62. The van der Waals surface area contributed by atoms with Gasteiger partial charge in [-0.25, -0.2) is 0 Å². The van der Waals surface area contributed by atoms with Crippen molar-refractivity contribution < 1.29 is 22.0 Å². The van der Waals surface area contributed by atoms with Gasteiger partial charge in [-0.2, -0.15) is 0 Å². The van der Waals surface area contributed by atoms with Crippen LogP contribution in [0.1, 0.15) is 84.0 Å². The molecule has 0 aliphatic carbocycles. The van der Waals surface area contributed by atoms with E-state index in [1.54, 1.807) is 0 Å². The van der Waals surface area contributed by atoms with Crippen LogP contribution in [-0.2, 0) is 10.4 Å². The molecule has 142 valence electrons. The summed E-state index contributed by atoms with van der Waals surface area (Å²) in [6.07, 6.45) is 17.4. The highest BCUT2D eigenvalue weighted by Crippen LogP contribution is 2.12. The Kier molecular flexibility index (Phi) is 16.7. The maximum absolute atomic E-state index is 8.52. The Morgan fingerprint density at radius 1 is 0.652 bits per heavy atom. The SMILES string of the molecule is CCCCCCCCCCCCCC[N+](C)(C)C.O=S(=O)([O-])[O-]. The van der Waals surface area contributed by atoms with Crippen LogP contribution in [0.5, 0.6) is 0 Å². The second kappa shape index (κ2) is 15.4. The standard InChI is InChI=1S/C17H38N.H2O4S/c1-5-6-7-8-9-10-11-12-13-14-15-16-17-18(2,3)4;1-5(2,3)4/h5-17H2,1-4H3;(H2,1,2,3,4)/q+1;/p-2. The number of quaternary nitrogens is 1. The minimum atomic E-state index is -5.17. The topological polar surface area (TPSA) is 80.3 Å². The van der Waals surface area contributed by atoms with Gasteiger partial charge in [-0.15, -0.1) is 0 Å². The number of hydrogen-bond donors (Lipinski definition) is 0. The molecule has 5 nitrogen and oxygen atoms in total. The van der Waals surface area contributed by atoms with E-state index in [0.717, 1.165) is 4.48 Å². The highest BCUT2D eigenvalue weighted by atomic mass is 32.3. The van der Waals surface area contributed by atoms with Crippen molar-refractivity contribution in [1.82, 2.24) is 0 Å². The first-order chi connectivity index (χ1) is 10.6. The second-order valence-electron chi connectivity index (χ2n) is 7.31. The highest BCUT2D eigenvalue weighted by Gasteiger charge is 2.04. The van der Waals surface area contributed by atoms with Crippen LogP contribution in [-0.4, -0.2) is 49.7 Å². The molecule has 0 aromatic heterocycles. The lowest BCUT2D eigenvalue weighted by molar-refractivity contribution is -0.870. The minimum Gasteiger partial charge on any atom is -0.759 e. The lowest BCUT2D eigenvalue weighted by Gasteiger charge is -2.23. The lowest BCUT2D eigenvalue weighted by Crippen LogP contribution is -2.35. The van der Waals surface area contributed by atoms with Crippen molar-refractivity contribution in [2.45, 2.75) is 84.0 Å². The molecular formula is C17H38NO4S-. The van der Waals surface area contributed by atoms with Crippen LogP contribution in [0.25, 0.3) is 0 Å². The third-order valence-electron chi connectivity index (χ3n) is 3.68. The van der Waals surface area contributed by atoms with Crippen molar-refractivity contribution in [3.8, 4) is 0 Å². The smallest absolute Gasteiger partial charge is 0.0780 e. The van der Waals surface area contributed by atoms with Crippen LogP contribution >= 0.6 is 0 Å². The van der Waals surface area contributed by atoms with Gasteiger partial charge in [0, 0.05) is 10.4 Å². The fraction of sp³-hybridized carbons (Fsp3) is 1.00. The zero-order valence-electron chi connectivity index (χ0n) is 15.7. The Balaban J connectivity index is 0. The number of rotatable bonds is 13. The largest absolute Gasteiger partial charge is 0.759 e. The van der Waals surface area contributed by atoms with E-state index in [9.17, 15) is 0 Å². The van der Waals surface area contributed by atoms with E-state index in [-0.39, 0.29) is 0 Å². The van der Waals surface area contributed by atoms with E-state index in [1.807, 2.05) is 0 Å². The molecular weight excluding hydrogens is 314 g/mol. The minimum absolute atomic E-state index is 1.12. The molecule has 0 aromatic rings. The lowest BCUT2D eigenvalue weighted by atomic mass is 10.1. The molecule has 0 saturated carbocycles. The molecule has 0 aliphatic heterocycles. The molecule has 0 bridgehead atoms. The third-order valence-corrected chi connectivity index (χ3v) is 3.68. The van der Waals surface area contributed by atoms with Gasteiger partial charge in [0.15, 0.2) is 0 Å². The average molecular weight is 353 g/mol. The van der Waals surface area contributed by atoms with Crippen LogP contribution in [0.4, 0.5) is 0 Å². The van der Waals surface area contributed by atoms with Crippen molar-refractivity contribution in [2.24, 2.45) is 0 Å². The Hall–Kier alpha value is -0.170. The summed E-state index contributed by atoms with van der Waals surface area (Å²) in [5.74, 6) is 0. The number of hydrogen-bond acceptors (Lipinski definition) is 4. The summed E-state index contributed by atoms with van der Waals surface area (Å²) >= 11 is 0. The monoisotopic (exact) mass is 352 g/mol. The van der Waals surface area contributed by atoms with Gasteiger partial charge in [-0.3, -0.25) is 8.42 Å². The van der Waals surface area contributed by atoms with Gasteiger partial charge in [0.1, 0.15) is 0 Å². The van der Waals surface area contributed by atoms with Crippen LogP contribution < -0.4 is 0 Å². The van der Waals surface area contributed by atoms with Gasteiger partial charge in [-0.1, -0.05) is 71.1 Å². The molecule has 0 spiro atoms. The first kappa shape index (κ1) is 25.1. The van der Waals surface area contributed by atoms with Crippen molar-refractivity contribution in [3.05, 3.63) is 0 Å². The van der Waals surface area contributed by atoms with E-state index >= 15 is 0 Å². The van der Waals surface area contributed by atoms with E-state index in [4.69, 9.17) is 17.5 Å².